The highest BCUT2D eigenvalue weighted by Crippen LogP contribution is 2.46. The standard InChI is InChI=1S/C21H21N3O2/c25-20(22-12-16-10-17(16)14-6-2-1-3-7-14)13-23-21(26)19-11-15-8-4-5-9-18(15)24-19/h1-9,11,16-17,24H,10,12-13H2,(H,22,25)(H,23,26)/t16-,17+/m0/s1. The van der Waals surface area contributed by atoms with Crippen LogP contribution in [0.25, 0.3) is 10.9 Å². The van der Waals surface area contributed by atoms with Crippen LogP contribution in [0.2, 0.25) is 0 Å². The number of H-pyrrole nitrogens is 1. The van der Waals surface area contributed by atoms with Crippen LogP contribution in [0.1, 0.15) is 28.4 Å². The molecule has 0 unspecified atom stereocenters. The lowest BCUT2D eigenvalue weighted by atomic mass is 10.1. The fourth-order valence-electron chi connectivity index (χ4n) is 3.34. The number of carbonyl (C=O) groups excluding carboxylic acids is 2. The monoisotopic (exact) mass is 347 g/mol. The van der Waals surface area contributed by atoms with Crippen molar-refractivity contribution >= 4 is 22.7 Å². The Bertz CT molecular complexity index is 900. The predicted molar refractivity (Wildman–Crippen MR) is 101 cm³/mol. The number of hydrogen-bond donors (Lipinski definition) is 3. The molecule has 1 aromatic heterocycles. The second kappa shape index (κ2) is 7.04. The van der Waals surface area contributed by atoms with Gasteiger partial charge in [0.1, 0.15) is 5.69 Å². The Labute approximate surface area is 151 Å². The van der Waals surface area contributed by atoms with E-state index in [4.69, 9.17) is 0 Å². The predicted octanol–water partition coefficient (Wildman–Crippen LogP) is 2.82. The first-order valence-corrected chi connectivity index (χ1v) is 8.88. The molecule has 2 aromatic carbocycles. The van der Waals surface area contributed by atoms with Crippen molar-refractivity contribution in [3.8, 4) is 0 Å². The summed E-state index contributed by atoms with van der Waals surface area (Å²) in [5.74, 6) is 0.598. The number of benzene rings is 2. The maximum Gasteiger partial charge on any atom is 0.268 e. The molecule has 1 aliphatic rings. The Morgan fingerprint density at radius 3 is 2.58 bits per heavy atom. The van der Waals surface area contributed by atoms with Gasteiger partial charge >= 0.3 is 0 Å². The molecule has 4 rings (SSSR count). The zero-order valence-electron chi connectivity index (χ0n) is 14.4. The molecule has 1 heterocycles. The maximum absolute atomic E-state index is 12.2. The molecule has 132 valence electrons. The highest BCUT2D eigenvalue weighted by molar-refractivity contribution is 5.99. The lowest BCUT2D eigenvalue weighted by molar-refractivity contribution is -0.120. The van der Waals surface area contributed by atoms with E-state index in [0.29, 0.717) is 24.1 Å². The average molecular weight is 347 g/mol. The molecule has 2 atom stereocenters. The van der Waals surface area contributed by atoms with Gasteiger partial charge in [-0.15, -0.1) is 0 Å². The summed E-state index contributed by atoms with van der Waals surface area (Å²) in [4.78, 5) is 27.2. The molecule has 0 saturated heterocycles. The number of para-hydroxylation sites is 1. The van der Waals surface area contributed by atoms with E-state index >= 15 is 0 Å². The van der Waals surface area contributed by atoms with Gasteiger partial charge in [0.15, 0.2) is 0 Å². The summed E-state index contributed by atoms with van der Waals surface area (Å²) in [6.45, 7) is 0.636. The van der Waals surface area contributed by atoms with Crippen LogP contribution in [-0.4, -0.2) is 29.9 Å². The van der Waals surface area contributed by atoms with Crippen LogP contribution in [0.3, 0.4) is 0 Å². The quantitative estimate of drug-likeness (QED) is 0.641. The van der Waals surface area contributed by atoms with Crippen molar-refractivity contribution < 1.29 is 9.59 Å². The molecule has 26 heavy (non-hydrogen) atoms. The highest BCUT2D eigenvalue weighted by Gasteiger charge is 2.37. The van der Waals surface area contributed by atoms with Gasteiger partial charge in [0.05, 0.1) is 6.54 Å². The summed E-state index contributed by atoms with van der Waals surface area (Å²) in [7, 11) is 0. The normalized spacial score (nSPS) is 18.5. The summed E-state index contributed by atoms with van der Waals surface area (Å²) < 4.78 is 0. The molecule has 5 nitrogen and oxygen atoms in total. The molecule has 1 aliphatic carbocycles. The molecule has 0 radical (unpaired) electrons. The highest BCUT2D eigenvalue weighted by atomic mass is 16.2. The third-order valence-corrected chi connectivity index (χ3v) is 4.90. The zero-order valence-corrected chi connectivity index (χ0v) is 14.4. The van der Waals surface area contributed by atoms with Crippen molar-refractivity contribution in [2.24, 2.45) is 5.92 Å². The molecular formula is C21H21N3O2. The van der Waals surface area contributed by atoms with Gasteiger partial charge in [-0.1, -0.05) is 48.5 Å². The molecule has 3 aromatic rings. The van der Waals surface area contributed by atoms with E-state index in [9.17, 15) is 9.59 Å². The number of fused-ring (bicyclic) bond motifs is 1. The number of rotatable bonds is 6. The van der Waals surface area contributed by atoms with E-state index in [1.54, 1.807) is 6.07 Å². The smallest absolute Gasteiger partial charge is 0.268 e. The van der Waals surface area contributed by atoms with Gasteiger partial charge in [-0.2, -0.15) is 0 Å². The van der Waals surface area contributed by atoms with Crippen LogP contribution in [0.5, 0.6) is 0 Å². The molecular weight excluding hydrogens is 326 g/mol. The molecule has 1 saturated carbocycles. The number of aromatic amines is 1. The first kappa shape index (κ1) is 16.4. The fourth-order valence-corrected chi connectivity index (χ4v) is 3.34. The van der Waals surface area contributed by atoms with Crippen LogP contribution in [0.15, 0.2) is 60.7 Å². The van der Waals surface area contributed by atoms with Gasteiger partial charge in [-0.05, 0) is 36.0 Å². The lowest BCUT2D eigenvalue weighted by Crippen LogP contribution is -2.37. The van der Waals surface area contributed by atoms with Gasteiger partial charge in [-0.3, -0.25) is 9.59 Å². The van der Waals surface area contributed by atoms with Crippen molar-refractivity contribution in [3.63, 3.8) is 0 Å². The van der Waals surface area contributed by atoms with E-state index in [1.165, 1.54) is 5.56 Å². The Balaban J connectivity index is 1.22. The Kier molecular flexibility index (Phi) is 4.44. The molecule has 0 spiro atoms. The SMILES string of the molecule is O=C(CNC(=O)c1cc2ccccc2[nH]1)NC[C@@H]1C[C@@H]1c1ccccc1. The van der Waals surface area contributed by atoms with Crippen LogP contribution >= 0.6 is 0 Å². The Hall–Kier alpha value is -3.08. The topological polar surface area (TPSA) is 74.0 Å². The summed E-state index contributed by atoms with van der Waals surface area (Å²) >= 11 is 0. The van der Waals surface area contributed by atoms with Crippen LogP contribution in [0.4, 0.5) is 0 Å². The van der Waals surface area contributed by atoms with Crippen LogP contribution in [-0.2, 0) is 4.79 Å². The van der Waals surface area contributed by atoms with Gasteiger partial charge in [-0.25, -0.2) is 0 Å². The number of amides is 2. The molecule has 0 aliphatic heterocycles. The number of nitrogens with one attached hydrogen (secondary N) is 3. The Morgan fingerprint density at radius 1 is 1.00 bits per heavy atom. The molecule has 3 N–H and O–H groups in total. The van der Waals surface area contributed by atoms with E-state index in [1.807, 2.05) is 42.5 Å². The van der Waals surface area contributed by atoms with Crippen molar-refractivity contribution in [2.45, 2.75) is 12.3 Å². The summed E-state index contributed by atoms with van der Waals surface area (Å²) in [6.07, 6.45) is 1.10. The first-order chi connectivity index (χ1) is 12.7. The van der Waals surface area contributed by atoms with Crippen molar-refractivity contribution in [3.05, 3.63) is 71.9 Å². The van der Waals surface area contributed by atoms with Crippen molar-refractivity contribution in [1.82, 2.24) is 15.6 Å². The minimum Gasteiger partial charge on any atom is -0.354 e. The number of carbonyl (C=O) groups is 2. The van der Waals surface area contributed by atoms with Gasteiger partial charge in [0, 0.05) is 17.4 Å². The summed E-state index contributed by atoms with van der Waals surface area (Å²) in [5, 5.41) is 6.55. The Morgan fingerprint density at radius 2 is 1.77 bits per heavy atom. The third kappa shape index (κ3) is 3.61. The largest absolute Gasteiger partial charge is 0.354 e. The summed E-state index contributed by atoms with van der Waals surface area (Å²) in [6, 6.07) is 19.8. The second-order valence-electron chi connectivity index (χ2n) is 6.77. The van der Waals surface area contributed by atoms with E-state index < -0.39 is 0 Å². The van der Waals surface area contributed by atoms with E-state index in [2.05, 4.69) is 27.8 Å². The zero-order chi connectivity index (χ0) is 17.9. The van der Waals surface area contributed by atoms with Crippen LogP contribution < -0.4 is 10.6 Å². The van der Waals surface area contributed by atoms with Gasteiger partial charge < -0.3 is 15.6 Å². The fraction of sp³-hybridized carbons (Fsp3) is 0.238. The van der Waals surface area contributed by atoms with E-state index in [-0.39, 0.29) is 18.4 Å². The summed E-state index contributed by atoms with van der Waals surface area (Å²) in [5.41, 5.74) is 2.70. The van der Waals surface area contributed by atoms with Crippen molar-refractivity contribution in [2.75, 3.05) is 13.1 Å². The molecule has 5 heteroatoms. The van der Waals surface area contributed by atoms with Crippen molar-refractivity contribution in [1.29, 1.82) is 0 Å². The van der Waals surface area contributed by atoms with Gasteiger partial charge in [0.2, 0.25) is 5.91 Å². The average Bonchev–Trinajstić information content (AvgIpc) is 3.33. The molecule has 1 fully saturated rings. The first-order valence-electron chi connectivity index (χ1n) is 8.88. The van der Waals surface area contributed by atoms with Gasteiger partial charge in [0.25, 0.3) is 5.91 Å². The third-order valence-electron chi connectivity index (χ3n) is 4.90. The molecule has 0 bridgehead atoms. The molecule has 2 amide bonds. The number of aromatic nitrogens is 1. The van der Waals surface area contributed by atoms with E-state index in [0.717, 1.165) is 17.3 Å². The lowest BCUT2D eigenvalue weighted by Gasteiger charge is -2.06. The van der Waals surface area contributed by atoms with Crippen LogP contribution in [0, 0.1) is 5.92 Å². The number of hydrogen-bond acceptors (Lipinski definition) is 2. The minimum absolute atomic E-state index is 0.0169. The second-order valence-corrected chi connectivity index (χ2v) is 6.77. The minimum atomic E-state index is -0.273. The maximum atomic E-state index is 12.2.